The lowest BCUT2D eigenvalue weighted by Crippen LogP contribution is -2.50. The van der Waals surface area contributed by atoms with Crippen LogP contribution in [0, 0.1) is 5.41 Å². The number of nitrogens with zero attached hydrogens (tertiary/aromatic N) is 2. The third-order valence-corrected chi connectivity index (χ3v) is 4.58. The molecule has 4 nitrogen and oxygen atoms in total. The van der Waals surface area contributed by atoms with Crippen LogP contribution >= 0.6 is 0 Å². The Morgan fingerprint density at radius 2 is 1.71 bits per heavy atom. The van der Waals surface area contributed by atoms with Crippen molar-refractivity contribution in [1.82, 2.24) is 9.80 Å². The number of hydrogen-bond donors (Lipinski definition) is 1. The first kappa shape index (κ1) is 16.0. The second-order valence-corrected chi connectivity index (χ2v) is 6.26. The molecule has 0 saturated carbocycles. The first-order valence-electron chi connectivity index (χ1n) is 7.75. The second kappa shape index (κ2) is 7.05. The van der Waals surface area contributed by atoms with Gasteiger partial charge in [0.2, 0.25) is 0 Å². The van der Waals surface area contributed by atoms with Crippen LogP contribution in [0.15, 0.2) is 30.3 Å². The smallest absolute Gasteiger partial charge is 0.310 e. The summed E-state index contributed by atoms with van der Waals surface area (Å²) in [5.41, 5.74) is 0.719. The average molecular weight is 290 g/mol. The monoisotopic (exact) mass is 290 g/mol. The molecule has 21 heavy (non-hydrogen) atoms. The van der Waals surface area contributed by atoms with Crippen LogP contribution in [-0.2, 0) is 11.3 Å². The van der Waals surface area contributed by atoms with Gasteiger partial charge in [0.05, 0.1) is 5.41 Å². The van der Waals surface area contributed by atoms with Crippen LogP contribution in [0.5, 0.6) is 0 Å². The van der Waals surface area contributed by atoms with E-state index in [1.165, 1.54) is 5.56 Å². The molecule has 0 amide bonds. The predicted octanol–water partition coefficient (Wildman–Crippen LogP) is 2.31. The maximum Gasteiger partial charge on any atom is 0.310 e. The first-order valence-corrected chi connectivity index (χ1v) is 7.75. The molecule has 0 aliphatic carbocycles. The van der Waals surface area contributed by atoms with Gasteiger partial charge >= 0.3 is 5.97 Å². The Morgan fingerprint density at radius 1 is 1.14 bits per heavy atom. The second-order valence-electron chi connectivity index (χ2n) is 6.26. The van der Waals surface area contributed by atoms with Gasteiger partial charge in [-0.15, -0.1) is 0 Å². The van der Waals surface area contributed by atoms with Gasteiger partial charge in [-0.2, -0.15) is 0 Å². The third kappa shape index (κ3) is 4.29. The van der Waals surface area contributed by atoms with E-state index in [0.717, 1.165) is 32.7 Å². The summed E-state index contributed by atoms with van der Waals surface area (Å²) in [6, 6.07) is 10.5. The van der Waals surface area contributed by atoms with E-state index in [9.17, 15) is 9.90 Å². The van der Waals surface area contributed by atoms with Gasteiger partial charge in [-0.25, -0.2) is 0 Å². The number of benzene rings is 1. The quantitative estimate of drug-likeness (QED) is 0.873. The van der Waals surface area contributed by atoms with Gasteiger partial charge in [0.25, 0.3) is 0 Å². The molecule has 1 fully saturated rings. The van der Waals surface area contributed by atoms with E-state index in [1.807, 2.05) is 19.9 Å². The molecule has 0 radical (unpaired) electrons. The molecule has 1 unspecified atom stereocenters. The van der Waals surface area contributed by atoms with E-state index in [4.69, 9.17) is 0 Å². The third-order valence-electron chi connectivity index (χ3n) is 4.58. The van der Waals surface area contributed by atoms with Gasteiger partial charge < -0.3 is 5.11 Å². The zero-order valence-electron chi connectivity index (χ0n) is 13.1. The van der Waals surface area contributed by atoms with Crippen LogP contribution in [0.25, 0.3) is 0 Å². The minimum atomic E-state index is -0.684. The van der Waals surface area contributed by atoms with E-state index < -0.39 is 11.4 Å². The van der Waals surface area contributed by atoms with Crippen LogP contribution in [0.1, 0.15) is 25.8 Å². The number of carboxylic acids is 1. The normalized spacial score (nSPS) is 20.1. The maximum atomic E-state index is 11.4. The number of piperazine rings is 1. The average Bonchev–Trinajstić information content (AvgIpc) is 2.50. The highest BCUT2D eigenvalue weighted by molar-refractivity contribution is 5.74. The Hall–Kier alpha value is -1.39. The molecule has 0 aromatic heterocycles. The maximum absolute atomic E-state index is 11.4. The summed E-state index contributed by atoms with van der Waals surface area (Å²) < 4.78 is 0. The Morgan fingerprint density at radius 3 is 2.24 bits per heavy atom. The summed E-state index contributed by atoms with van der Waals surface area (Å²) in [6.07, 6.45) is 0.673. The van der Waals surface area contributed by atoms with Crippen molar-refractivity contribution < 1.29 is 9.90 Å². The van der Waals surface area contributed by atoms with Gasteiger partial charge in [0, 0.05) is 39.3 Å². The van der Waals surface area contributed by atoms with Gasteiger partial charge in [-0.1, -0.05) is 37.3 Å². The molecule has 1 N–H and O–H groups in total. The largest absolute Gasteiger partial charge is 0.481 e. The molecule has 0 bridgehead atoms. The Balaban J connectivity index is 1.82. The van der Waals surface area contributed by atoms with Crippen LogP contribution in [0.3, 0.4) is 0 Å². The fourth-order valence-corrected chi connectivity index (χ4v) is 2.77. The van der Waals surface area contributed by atoms with Crippen molar-refractivity contribution in [2.75, 3.05) is 32.7 Å². The first-order chi connectivity index (χ1) is 10.0. The molecule has 2 rings (SSSR count). The number of carbonyl (C=O) groups is 1. The number of hydrogen-bond acceptors (Lipinski definition) is 3. The summed E-state index contributed by atoms with van der Waals surface area (Å²) in [4.78, 5) is 16.1. The highest BCUT2D eigenvalue weighted by Gasteiger charge is 2.34. The van der Waals surface area contributed by atoms with E-state index in [2.05, 4.69) is 34.1 Å². The zero-order chi connectivity index (χ0) is 15.3. The molecule has 4 heteroatoms. The molecule has 1 aliphatic heterocycles. The van der Waals surface area contributed by atoms with E-state index in [-0.39, 0.29) is 0 Å². The zero-order valence-corrected chi connectivity index (χ0v) is 13.1. The Kier molecular flexibility index (Phi) is 5.37. The van der Waals surface area contributed by atoms with Gasteiger partial charge in [0.15, 0.2) is 0 Å². The van der Waals surface area contributed by atoms with Crippen LogP contribution < -0.4 is 0 Å². The van der Waals surface area contributed by atoms with Crippen molar-refractivity contribution in [2.24, 2.45) is 5.41 Å². The van der Waals surface area contributed by atoms with Gasteiger partial charge in [-0.3, -0.25) is 14.6 Å². The lowest BCUT2D eigenvalue weighted by atomic mass is 9.87. The van der Waals surface area contributed by atoms with Crippen LogP contribution in [-0.4, -0.2) is 53.6 Å². The van der Waals surface area contributed by atoms with Crippen molar-refractivity contribution in [1.29, 1.82) is 0 Å². The lowest BCUT2D eigenvalue weighted by Gasteiger charge is -2.38. The van der Waals surface area contributed by atoms with E-state index in [0.29, 0.717) is 13.0 Å². The molecule has 1 aromatic carbocycles. The van der Waals surface area contributed by atoms with Crippen LogP contribution in [0.2, 0.25) is 0 Å². The fourth-order valence-electron chi connectivity index (χ4n) is 2.77. The molecule has 0 spiro atoms. The highest BCUT2D eigenvalue weighted by Crippen LogP contribution is 2.23. The highest BCUT2D eigenvalue weighted by atomic mass is 16.4. The molecule has 116 valence electrons. The summed E-state index contributed by atoms with van der Waals surface area (Å²) in [5, 5.41) is 9.37. The molecule has 1 saturated heterocycles. The Labute approximate surface area is 127 Å². The van der Waals surface area contributed by atoms with Crippen molar-refractivity contribution in [2.45, 2.75) is 26.8 Å². The Bertz CT molecular complexity index is 455. The fraction of sp³-hybridized carbons (Fsp3) is 0.588. The number of rotatable bonds is 6. The van der Waals surface area contributed by atoms with Crippen molar-refractivity contribution in [3.8, 4) is 0 Å². The molecular formula is C17H26N2O2. The summed E-state index contributed by atoms with van der Waals surface area (Å²) in [6.45, 7) is 9.37. The lowest BCUT2D eigenvalue weighted by molar-refractivity contribution is -0.149. The summed E-state index contributed by atoms with van der Waals surface area (Å²) in [7, 11) is 0. The topological polar surface area (TPSA) is 43.8 Å². The van der Waals surface area contributed by atoms with Gasteiger partial charge in [-0.05, 0) is 18.9 Å². The van der Waals surface area contributed by atoms with Crippen molar-refractivity contribution in [3.63, 3.8) is 0 Å². The molecule has 1 heterocycles. The van der Waals surface area contributed by atoms with E-state index in [1.54, 1.807) is 0 Å². The number of aliphatic carboxylic acids is 1. The van der Waals surface area contributed by atoms with Gasteiger partial charge in [0.1, 0.15) is 0 Å². The van der Waals surface area contributed by atoms with Crippen LogP contribution in [0.4, 0.5) is 0 Å². The minimum absolute atomic E-state index is 0.623. The van der Waals surface area contributed by atoms with Crippen molar-refractivity contribution in [3.05, 3.63) is 35.9 Å². The SMILES string of the molecule is CCC(C)(CN1CCN(Cc2ccccc2)CC1)C(=O)O. The summed E-state index contributed by atoms with van der Waals surface area (Å²) in [5.74, 6) is -0.684. The predicted molar refractivity (Wildman–Crippen MR) is 84.2 cm³/mol. The number of carboxylic acid groups (broad SMARTS) is 1. The van der Waals surface area contributed by atoms with Crippen molar-refractivity contribution >= 4 is 5.97 Å². The molecule has 1 atom stereocenters. The minimum Gasteiger partial charge on any atom is -0.481 e. The molecule has 1 aromatic rings. The molecule has 1 aliphatic rings. The summed E-state index contributed by atoms with van der Waals surface area (Å²) >= 11 is 0. The van der Waals surface area contributed by atoms with E-state index >= 15 is 0 Å². The standard InChI is InChI=1S/C17H26N2O2/c1-3-17(2,16(20)21)14-19-11-9-18(10-12-19)13-15-7-5-4-6-8-15/h4-8H,3,9-14H2,1-2H3,(H,20,21). The molecular weight excluding hydrogens is 264 g/mol.